The number of carboxylic acids is 1. The summed E-state index contributed by atoms with van der Waals surface area (Å²) in [5.74, 6) is -1.91. The lowest BCUT2D eigenvalue weighted by Crippen LogP contribution is -2.43. The number of aliphatic carboxylic acids is 1. The summed E-state index contributed by atoms with van der Waals surface area (Å²) in [6.45, 7) is 3.90. The highest BCUT2D eigenvalue weighted by atomic mass is 16.5. The van der Waals surface area contributed by atoms with Crippen LogP contribution in [0.3, 0.4) is 0 Å². The molecule has 0 aromatic carbocycles. The van der Waals surface area contributed by atoms with E-state index < -0.39 is 23.5 Å². The second-order valence-electron chi connectivity index (χ2n) is 7.44. The van der Waals surface area contributed by atoms with E-state index in [4.69, 9.17) is 14.6 Å². The van der Waals surface area contributed by atoms with E-state index in [1.807, 2.05) is 26.0 Å². The van der Waals surface area contributed by atoms with Gasteiger partial charge in [-0.1, -0.05) is 11.6 Å². The van der Waals surface area contributed by atoms with E-state index in [-0.39, 0.29) is 19.1 Å². The largest absolute Gasteiger partial charge is 0.481 e. The van der Waals surface area contributed by atoms with Crippen LogP contribution in [-0.4, -0.2) is 61.4 Å². The van der Waals surface area contributed by atoms with Crippen LogP contribution in [0.4, 0.5) is 4.79 Å². The first-order valence-corrected chi connectivity index (χ1v) is 9.11. The lowest BCUT2D eigenvalue weighted by Gasteiger charge is -2.36. The third kappa shape index (κ3) is 4.62. The molecule has 0 radical (unpaired) electrons. The van der Waals surface area contributed by atoms with E-state index in [0.29, 0.717) is 18.5 Å². The Hall–Kier alpha value is -2.61. The highest BCUT2D eigenvalue weighted by Crippen LogP contribution is 2.42. The van der Waals surface area contributed by atoms with Gasteiger partial charge in [-0.05, 0) is 43.9 Å². The molecule has 8 nitrogen and oxygen atoms in total. The Morgan fingerprint density at radius 3 is 2.68 bits per heavy atom. The Morgan fingerprint density at radius 2 is 2.11 bits per heavy atom. The molecular weight excluding hydrogens is 364 g/mol. The van der Waals surface area contributed by atoms with Crippen molar-refractivity contribution in [3.05, 3.63) is 34.6 Å². The van der Waals surface area contributed by atoms with Gasteiger partial charge in [-0.25, -0.2) is 4.79 Å². The van der Waals surface area contributed by atoms with Crippen molar-refractivity contribution in [2.45, 2.75) is 38.7 Å². The third-order valence-corrected chi connectivity index (χ3v) is 5.12. The Morgan fingerprint density at radius 1 is 1.43 bits per heavy atom. The van der Waals surface area contributed by atoms with Crippen molar-refractivity contribution in [3.8, 4) is 0 Å². The Kier molecular flexibility index (Phi) is 6.66. The molecule has 2 N–H and O–H groups in total. The molecule has 2 rings (SSSR count). The SMILES string of the molecule is COC1(C)C=C2COC(=O)C2C(NC(=O)N(C)C)=C1C/C=C(\C)CCC(=O)O. The van der Waals surface area contributed by atoms with Gasteiger partial charge in [0, 0.05) is 33.3 Å². The number of hydrogen-bond acceptors (Lipinski definition) is 5. The Bertz CT molecular complexity index is 765. The van der Waals surface area contributed by atoms with Crippen LogP contribution in [0.5, 0.6) is 0 Å². The summed E-state index contributed by atoms with van der Waals surface area (Å²) >= 11 is 0. The van der Waals surface area contributed by atoms with E-state index in [2.05, 4.69) is 5.32 Å². The fourth-order valence-corrected chi connectivity index (χ4v) is 3.34. The molecule has 2 atom stereocenters. The fraction of sp³-hybridized carbons (Fsp3) is 0.550. The molecule has 1 aliphatic carbocycles. The Labute approximate surface area is 164 Å². The quantitative estimate of drug-likeness (QED) is 0.508. The molecule has 154 valence electrons. The summed E-state index contributed by atoms with van der Waals surface area (Å²) in [6.07, 6.45) is 4.68. The number of rotatable bonds is 7. The number of methoxy groups -OCH3 is 1. The number of nitrogens with zero attached hydrogens (tertiary/aromatic N) is 1. The van der Waals surface area contributed by atoms with E-state index in [9.17, 15) is 14.4 Å². The van der Waals surface area contributed by atoms with Crippen LogP contribution in [0.15, 0.2) is 34.6 Å². The molecule has 28 heavy (non-hydrogen) atoms. The van der Waals surface area contributed by atoms with E-state index >= 15 is 0 Å². The van der Waals surface area contributed by atoms with Crippen molar-refractivity contribution in [1.29, 1.82) is 0 Å². The van der Waals surface area contributed by atoms with Crippen LogP contribution < -0.4 is 5.32 Å². The fourth-order valence-electron chi connectivity index (χ4n) is 3.34. The maximum absolute atomic E-state index is 12.4. The number of ether oxygens (including phenoxy) is 2. The van der Waals surface area contributed by atoms with Gasteiger partial charge in [-0.2, -0.15) is 0 Å². The lowest BCUT2D eigenvalue weighted by atomic mass is 9.77. The number of urea groups is 1. The smallest absolute Gasteiger partial charge is 0.321 e. The van der Waals surface area contributed by atoms with Crippen LogP contribution in [0.2, 0.25) is 0 Å². The summed E-state index contributed by atoms with van der Waals surface area (Å²) in [5, 5.41) is 11.7. The standard InChI is InChI=1S/C20H28N2O6/c1-12(7-9-15(23)24)6-8-14-17(21-19(26)22(3)4)16-13(11-28-18(16)25)10-20(14,2)27-5/h6,10,16H,7-9,11H2,1-5H3,(H,21,26)(H,23,24)/b12-6+. The zero-order valence-electron chi connectivity index (χ0n) is 17.0. The first kappa shape index (κ1) is 21.7. The van der Waals surface area contributed by atoms with Crippen LogP contribution in [0.25, 0.3) is 0 Å². The molecule has 1 heterocycles. The maximum atomic E-state index is 12.4. The van der Waals surface area contributed by atoms with Crippen LogP contribution in [-0.2, 0) is 19.1 Å². The molecule has 0 saturated carbocycles. The average molecular weight is 392 g/mol. The molecule has 2 amide bonds. The predicted octanol–water partition coefficient (Wildman–Crippen LogP) is 2.23. The number of nitrogens with one attached hydrogen (secondary N) is 1. The van der Waals surface area contributed by atoms with Crippen molar-refractivity contribution < 1.29 is 29.0 Å². The van der Waals surface area contributed by atoms with Gasteiger partial charge in [-0.15, -0.1) is 0 Å². The molecule has 2 unspecified atom stereocenters. The zero-order valence-corrected chi connectivity index (χ0v) is 17.0. The summed E-state index contributed by atoms with van der Waals surface area (Å²) in [5.41, 5.74) is 2.07. The van der Waals surface area contributed by atoms with Crippen molar-refractivity contribution in [1.82, 2.24) is 10.2 Å². The number of esters is 1. The number of carbonyl (C=O) groups is 3. The van der Waals surface area contributed by atoms with Gasteiger partial charge in [0.25, 0.3) is 0 Å². The summed E-state index contributed by atoms with van der Waals surface area (Å²) in [4.78, 5) is 36.9. The second kappa shape index (κ2) is 8.60. The zero-order chi connectivity index (χ0) is 21.1. The van der Waals surface area contributed by atoms with Gasteiger partial charge >= 0.3 is 18.0 Å². The van der Waals surface area contributed by atoms with Gasteiger partial charge in [0.05, 0.1) is 0 Å². The van der Waals surface area contributed by atoms with Gasteiger partial charge in [0.2, 0.25) is 0 Å². The molecule has 0 aromatic rings. The van der Waals surface area contributed by atoms with Crippen LogP contribution in [0, 0.1) is 5.92 Å². The molecule has 1 aliphatic heterocycles. The number of carboxylic acid groups (broad SMARTS) is 1. The second-order valence-corrected chi connectivity index (χ2v) is 7.44. The van der Waals surface area contributed by atoms with Crippen molar-refractivity contribution in [2.75, 3.05) is 27.8 Å². The lowest BCUT2D eigenvalue weighted by molar-refractivity contribution is -0.140. The van der Waals surface area contributed by atoms with Crippen LogP contribution >= 0.6 is 0 Å². The van der Waals surface area contributed by atoms with E-state index in [1.54, 1.807) is 21.2 Å². The van der Waals surface area contributed by atoms with Crippen molar-refractivity contribution >= 4 is 18.0 Å². The van der Waals surface area contributed by atoms with Gasteiger partial charge < -0.3 is 24.8 Å². The van der Waals surface area contributed by atoms with Gasteiger partial charge in [0.15, 0.2) is 0 Å². The predicted molar refractivity (Wildman–Crippen MR) is 102 cm³/mol. The summed E-state index contributed by atoms with van der Waals surface area (Å²) in [6, 6.07) is -0.349. The number of cyclic esters (lactones) is 1. The summed E-state index contributed by atoms with van der Waals surface area (Å²) < 4.78 is 11.0. The number of fused-ring (bicyclic) bond motifs is 1. The monoisotopic (exact) mass is 392 g/mol. The molecule has 8 heteroatoms. The molecule has 0 spiro atoms. The first-order valence-electron chi connectivity index (χ1n) is 9.11. The Balaban J connectivity index is 2.45. The molecule has 2 aliphatic rings. The van der Waals surface area contributed by atoms with Crippen molar-refractivity contribution in [3.63, 3.8) is 0 Å². The molecule has 0 bridgehead atoms. The minimum Gasteiger partial charge on any atom is -0.481 e. The highest BCUT2D eigenvalue weighted by molar-refractivity contribution is 5.86. The number of allylic oxidation sites excluding steroid dienone is 2. The van der Waals surface area contributed by atoms with E-state index in [0.717, 1.165) is 16.7 Å². The molecule has 1 saturated heterocycles. The van der Waals surface area contributed by atoms with Gasteiger partial charge in [-0.3, -0.25) is 9.59 Å². The van der Waals surface area contributed by atoms with Crippen LogP contribution in [0.1, 0.15) is 33.1 Å². The number of carbonyl (C=O) groups excluding carboxylic acids is 2. The minimum absolute atomic E-state index is 0.0478. The maximum Gasteiger partial charge on any atom is 0.321 e. The normalized spacial score (nSPS) is 24.5. The van der Waals surface area contributed by atoms with E-state index in [1.165, 1.54) is 4.90 Å². The molecular formula is C20H28N2O6. The number of hydrogen-bond donors (Lipinski definition) is 2. The third-order valence-electron chi connectivity index (χ3n) is 5.12. The highest BCUT2D eigenvalue weighted by Gasteiger charge is 2.45. The van der Waals surface area contributed by atoms with Gasteiger partial charge in [0.1, 0.15) is 18.1 Å². The molecule has 0 aromatic heterocycles. The molecule has 1 fully saturated rings. The summed E-state index contributed by atoms with van der Waals surface area (Å²) in [7, 11) is 4.81. The first-order chi connectivity index (χ1) is 13.1. The minimum atomic E-state index is -0.855. The number of amides is 2. The topological polar surface area (TPSA) is 105 Å². The average Bonchev–Trinajstić information content (AvgIpc) is 2.99. The van der Waals surface area contributed by atoms with Crippen molar-refractivity contribution in [2.24, 2.45) is 5.92 Å².